The number of rotatable bonds is 3. The molecule has 23 heavy (non-hydrogen) atoms. The summed E-state index contributed by atoms with van der Waals surface area (Å²) < 4.78 is 43.2. The number of methoxy groups -OCH3 is 1. The molecule has 0 aliphatic carbocycles. The highest BCUT2D eigenvalue weighted by molar-refractivity contribution is 5.73. The maximum Gasteiger partial charge on any atom is 0.449 e. The number of ether oxygens (including phenoxy) is 1. The Morgan fingerprint density at radius 2 is 1.96 bits per heavy atom. The first-order valence-corrected chi connectivity index (χ1v) is 6.59. The summed E-state index contributed by atoms with van der Waals surface area (Å²) in [6.07, 6.45) is -4.60. The lowest BCUT2D eigenvalue weighted by molar-refractivity contribution is -0.144. The first kappa shape index (κ1) is 15.1. The molecule has 0 fully saturated rings. The van der Waals surface area contributed by atoms with Crippen LogP contribution in [0.5, 0.6) is 5.88 Å². The predicted octanol–water partition coefficient (Wildman–Crippen LogP) is 3.43. The monoisotopic (exact) mass is 323 g/mol. The molecule has 2 heterocycles. The molecule has 0 radical (unpaired) electrons. The summed E-state index contributed by atoms with van der Waals surface area (Å²) in [6.45, 7) is 1.92. The molecule has 0 bridgehead atoms. The Balaban J connectivity index is 2.05. The van der Waals surface area contributed by atoms with Crippen molar-refractivity contribution >= 4 is 22.8 Å². The van der Waals surface area contributed by atoms with Crippen LogP contribution in [0.2, 0.25) is 0 Å². The predicted molar refractivity (Wildman–Crippen MR) is 77.7 cm³/mol. The highest BCUT2D eigenvalue weighted by Crippen LogP contribution is 2.30. The van der Waals surface area contributed by atoms with Crippen LogP contribution in [0.4, 0.5) is 24.7 Å². The van der Waals surface area contributed by atoms with Crippen molar-refractivity contribution in [1.82, 2.24) is 19.9 Å². The lowest BCUT2D eigenvalue weighted by atomic mass is 10.2. The van der Waals surface area contributed by atoms with Crippen molar-refractivity contribution in [3.63, 3.8) is 0 Å². The molecule has 1 aromatic carbocycles. The normalized spacial score (nSPS) is 11.7. The molecule has 0 aliphatic rings. The highest BCUT2D eigenvalue weighted by atomic mass is 19.4. The molecular formula is C14H12F3N5O. The Bertz CT molecular complexity index is 859. The van der Waals surface area contributed by atoms with Gasteiger partial charge in [0.25, 0.3) is 5.88 Å². The van der Waals surface area contributed by atoms with Crippen molar-refractivity contribution in [1.29, 1.82) is 0 Å². The lowest BCUT2D eigenvalue weighted by Crippen LogP contribution is -2.06. The Morgan fingerprint density at radius 3 is 2.61 bits per heavy atom. The van der Waals surface area contributed by atoms with Crippen molar-refractivity contribution in [2.45, 2.75) is 13.1 Å². The summed E-state index contributed by atoms with van der Waals surface area (Å²) >= 11 is 0. The molecule has 9 heteroatoms. The standard InChI is InChI=1S/C14H12F3N5O/c1-7-4-3-5-8(6-7)18-11-12(23-2)20-10-9(19-11)21-13(22-10)14(15,16)17/h3-6H,1-2H3,(H2,18,19,20,21,22). The van der Waals surface area contributed by atoms with E-state index in [-0.39, 0.29) is 23.0 Å². The molecule has 0 atom stereocenters. The molecule has 6 nitrogen and oxygen atoms in total. The maximum atomic E-state index is 12.7. The quantitative estimate of drug-likeness (QED) is 0.772. The number of hydrogen-bond acceptors (Lipinski definition) is 5. The van der Waals surface area contributed by atoms with Gasteiger partial charge in [-0.1, -0.05) is 12.1 Å². The molecule has 0 saturated carbocycles. The van der Waals surface area contributed by atoms with Crippen LogP contribution in [0.1, 0.15) is 11.4 Å². The summed E-state index contributed by atoms with van der Waals surface area (Å²) in [6, 6.07) is 7.41. The smallest absolute Gasteiger partial charge is 0.449 e. The third-order valence-corrected chi connectivity index (χ3v) is 3.04. The number of hydrogen-bond donors (Lipinski definition) is 2. The second kappa shape index (κ2) is 5.41. The molecule has 3 aromatic rings. The first-order chi connectivity index (χ1) is 10.9. The largest absolute Gasteiger partial charge is 0.478 e. The van der Waals surface area contributed by atoms with Crippen molar-refractivity contribution < 1.29 is 17.9 Å². The van der Waals surface area contributed by atoms with Gasteiger partial charge in [0, 0.05) is 5.69 Å². The Hall–Kier alpha value is -2.84. The van der Waals surface area contributed by atoms with E-state index in [1.807, 2.05) is 25.1 Å². The van der Waals surface area contributed by atoms with Gasteiger partial charge >= 0.3 is 6.18 Å². The minimum absolute atomic E-state index is 0.0661. The fraction of sp³-hybridized carbons (Fsp3) is 0.214. The SMILES string of the molecule is COc1nc2[nH]c(C(F)(F)F)nc2nc1Nc1cccc(C)c1. The third kappa shape index (κ3) is 3.03. The van der Waals surface area contributed by atoms with Gasteiger partial charge in [0.1, 0.15) is 0 Å². The summed E-state index contributed by atoms with van der Waals surface area (Å²) in [4.78, 5) is 13.6. The molecule has 2 N–H and O–H groups in total. The summed E-state index contributed by atoms with van der Waals surface area (Å²) in [5, 5.41) is 2.97. The van der Waals surface area contributed by atoms with Crippen LogP contribution in [0.3, 0.4) is 0 Å². The number of aromatic nitrogens is 4. The minimum atomic E-state index is -4.60. The average molecular weight is 323 g/mol. The van der Waals surface area contributed by atoms with Gasteiger partial charge in [-0.3, -0.25) is 0 Å². The van der Waals surface area contributed by atoms with E-state index in [9.17, 15) is 13.2 Å². The van der Waals surface area contributed by atoms with Crippen LogP contribution in [-0.2, 0) is 6.18 Å². The molecule has 0 saturated heterocycles. The second-order valence-corrected chi connectivity index (χ2v) is 4.83. The van der Waals surface area contributed by atoms with E-state index < -0.39 is 12.0 Å². The van der Waals surface area contributed by atoms with Gasteiger partial charge in [-0.2, -0.15) is 18.2 Å². The number of fused-ring (bicyclic) bond motifs is 1. The zero-order chi connectivity index (χ0) is 16.6. The van der Waals surface area contributed by atoms with E-state index >= 15 is 0 Å². The van der Waals surface area contributed by atoms with E-state index in [1.54, 1.807) is 6.07 Å². The van der Waals surface area contributed by atoms with Gasteiger partial charge in [0.15, 0.2) is 17.1 Å². The fourth-order valence-corrected chi connectivity index (χ4v) is 2.04. The van der Waals surface area contributed by atoms with Crippen LogP contribution in [-0.4, -0.2) is 27.0 Å². The molecule has 0 amide bonds. The van der Waals surface area contributed by atoms with Gasteiger partial charge in [-0.15, -0.1) is 0 Å². The van der Waals surface area contributed by atoms with E-state index in [1.165, 1.54) is 7.11 Å². The second-order valence-electron chi connectivity index (χ2n) is 4.83. The lowest BCUT2D eigenvalue weighted by Gasteiger charge is -2.09. The van der Waals surface area contributed by atoms with Gasteiger partial charge in [-0.05, 0) is 24.6 Å². The molecular weight excluding hydrogens is 311 g/mol. The number of aryl methyl sites for hydroxylation is 1. The number of aromatic amines is 1. The topological polar surface area (TPSA) is 75.7 Å². The molecule has 3 rings (SSSR count). The van der Waals surface area contributed by atoms with Gasteiger partial charge in [0.2, 0.25) is 5.82 Å². The van der Waals surface area contributed by atoms with E-state index in [4.69, 9.17) is 4.74 Å². The first-order valence-electron chi connectivity index (χ1n) is 6.59. The van der Waals surface area contributed by atoms with Gasteiger partial charge in [-0.25, -0.2) is 9.97 Å². The number of halogens is 3. The summed E-state index contributed by atoms with van der Waals surface area (Å²) in [5.41, 5.74) is 1.49. The molecule has 0 aliphatic heterocycles. The summed E-state index contributed by atoms with van der Waals surface area (Å²) in [5.74, 6) is -0.899. The highest BCUT2D eigenvalue weighted by Gasteiger charge is 2.35. The maximum absolute atomic E-state index is 12.7. The minimum Gasteiger partial charge on any atom is -0.478 e. The van der Waals surface area contributed by atoms with Crippen LogP contribution < -0.4 is 10.1 Å². The third-order valence-electron chi connectivity index (χ3n) is 3.04. The van der Waals surface area contributed by atoms with Crippen LogP contribution in [0, 0.1) is 6.92 Å². The number of anilines is 2. The zero-order valence-corrected chi connectivity index (χ0v) is 12.2. The van der Waals surface area contributed by atoms with E-state index in [0.29, 0.717) is 5.69 Å². The number of nitrogens with zero attached hydrogens (tertiary/aromatic N) is 3. The van der Waals surface area contributed by atoms with Crippen molar-refractivity contribution in [2.24, 2.45) is 0 Å². The van der Waals surface area contributed by atoms with Gasteiger partial charge < -0.3 is 15.0 Å². The number of benzene rings is 1. The van der Waals surface area contributed by atoms with Crippen molar-refractivity contribution in [3.05, 3.63) is 35.7 Å². The molecule has 2 aromatic heterocycles. The molecule has 0 spiro atoms. The Morgan fingerprint density at radius 1 is 1.17 bits per heavy atom. The molecule has 120 valence electrons. The van der Waals surface area contributed by atoms with Gasteiger partial charge in [0.05, 0.1) is 7.11 Å². The number of nitrogens with one attached hydrogen (secondary N) is 2. The molecule has 0 unspecified atom stereocenters. The Labute approximate surface area is 128 Å². The van der Waals surface area contributed by atoms with Crippen LogP contribution in [0.25, 0.3) is 11.3 Å². The summed E-state index contributed by atoms with van der Waals surface area (Å²) in [7, 11) is 1.36. The average Bonchev–Trinajstić information content (AvgIpc) is 2.89. The number of imidazole rings is 1. The number of H-pyrrole nitrogens is 1. The fourth-order valence-electron chi connectivity index (χ4n) is 2.04. The van der Waals surface area contributed by atoms with Crippen molar-refractivity contribution in [2.75, 3.05) is 12.4 Å². The van der Waals surface area contributed by atoms with E-state index in [2.05, 4.69) is 25.3 Å². The van der Waals surface area contributed by atoms with E-state index in [0.717, 1.165) is 5.56 Å². The Kier molecular flexibility index (Phi) is 3.55. The zero-order valence-electron chi connectivity index (χ0n) is 12.2. The van der Waals surface area contributed by atoms with Crippen molar-refractivity contribution in [3.8, 4) is 5.88 Å². The van der Waals surface area contributed by atoms with Crippen LogP contribution in [0.15, 0.2) is 24.3 Å². The number of alkyl halides is 3. The van der Waals surface area contributed by atoms with Crippen LogP contribution >= 0.6 is 0 Å².